The molecule has 24 heavy (non-hydrogen) atoms. The van der Waals surface area contributed by atoms with E-state index in [1.807, 2.05) is 18.2 Å². The van der Waals surface area contributed by atoms with Crippen LogP contribution in [0.1, 0.15) is 31.9 Å². The average molecular weight is 353 g/mol. The third-order valence-corrected chi connectivity index (χ3v) is 4.91. The van der Waals surface area contributed by atoms with Crippen LogP contribution in [0.5, 0.6) is 0 Å². The molecule has 0 saturated carbocycles. The molecule has 0 bridgehead atoms. The fourth-order valence-corrected chi connectivity index (χ4v) is 3.64. The summed E-state index contributed by atoms with van der Waals surface area (Å²) in [5.41, 5.74) is 6.57. The molecule has 0 heterocycles. The SMILES string of the molecule is C=CC[C@H](N)CS(=O)(=NC(=O)O[C@@H](C)c1ccccc1)NC(C)=O. The summed E-state index contributed by atoms with van der Waals surface area (Å²) in [7, 11) is -3.36. The third-order valence-electron chi connectivity index (χ3n) is 2.98. The van der Waals surface area contributed by atoms with Crippen LogP contribution in [-0.2, 0) is 19.4 Å². The Labute approximate surface area is 142 Å². The van der Waals surface area contributed by atoms with Crippen LogP contribution in [0.3, 0.4) is 0 Å². The van der Waals surface area contributed by atoms with Crippen molar-refractivity contribution in [3.63, 3.8) is 0 Å². The molecule has 132 valence electrons. The molecule has 0 spiro atoms. The quantitative estimate of drug-likeness (QED) is 0.731. The number of rotatable bonds is 7. The Morgan fingerprint density at radius 3 is 2.58 bits per heavy atom. The van der Waals surface area contributed by atoms with Gasteiger partial charge in [-0.05, 0) is 18.9 Å². The molecule has 2 amide bonds. The van der Waals surface area contributed by atoms with Crippen LogP contribution in [0.25, 0.3) is 0 Å². The lowest BCUT2D eigenvalue weighted by Gasteiger charge is -2.16. The summed E-state index contributed by atoms with van der Waals surface area (Å²) in [5, 5.41) is 0. The van der Waals surface area contributed by atoms with E-state index < -0.39 is 34.1 Å². The first kappa shape index (κ1) is 19.9. The predicted octanol–water partition coefficient (Wildman–Crippen LogP) is 2.31. The fourth-order valence-electron chi connectivity index (χ4n) is 1.98. The number of carbonyl (C=O) groups is 2. The Morgan fingerprint density at radius 1 is 1.42 bits per heavy atom. The average Bonchev–Trinajstić information content (AvgIpc) is 2.46. The lowest BCUT2D eigenvalue weighted by molar-refractivity contribution is -0.117. The zero-order valence-electron chi connectivity index (χ0n) is 13.8. The van der Waals surface area contributed by atoms with Crippen molar-refractivity contribution >= 4 is 21.9 Å². The van der Waals surface area contributed by atoms with E-state index in [1.54, 1.807) is 25.1 Å². The van der Waals surface area contributed by atoms with Gasteiger partial charge in [-0.2, -0.15) is 0 Å². The largest absolute Gasteiger partial charge is 0.443 e. The lowest BCUT2D eigenvalue weighted by Crippen LogP contribution is -2.38. The summed E-state index contributed by atoms with van der Waals surface area (Å²) < 4.78 is 23.6. The Kier molecular flexibility index (Phi) is 7.60. The van der Waals surface area contributed by atoms with Crippen molar-refractivity contribution in [2.24, 2.45) is 10.1 Å². The van der Waals surface area contributed by atoms with Gasteiger partial charge >= 0.3 is 6.09 Å². The maximum atomic E-state index is 12.7. The van der Waals surface area contributed by atoms with E-state index in [9.17, 15) is 13.8 Å². The van der Waals surface area contributed by atoms with E-state index in [0.717, 1.165) is 5.56 Å². The summed E-state index contributed by atoms with van der Waals surface area (Å²) in [6.07, 6.45) is 0.358. The maximum Gasteiger partial charge on any atom is 0.443 e. The van der Waals surface area contributed by atoms with Crippen molar-refractivity contribution in [3.05, 3.63) is 48.6 Å². The Morgan fingerprint density at radius 2 is 2.04 bits per heavy atom. The first-order valence-electron chi connectivity index (χ1n) is 7.41. The van der Waals surface area contributed by atoms with Crippen molar-refractivity contribution in [1.82, 2.24) is 4.72 Å². The van der Waals surface area contributed by atoms with Crippen molar-refractivity contribution in [3.8, 4) is 0 Å². The molecule has 0 aliphatic heterocycles. The van der Waals surface area contributed by atoms with Crippen molar-refractivity contribution in [2.75, 3.05) is 5.75 Å². The Bertz CT molecular complexity index is 697. The molecule has 3 atom stereocenters. The van der Waals surface area contributed by atoms with Gasteiger partial charge in [-0.3, -0.25) is 9.52 Å². The minimum absolute atomic E-state index is 0.173. The van der Waals surface area contributed by atoms with Gasteiger partial charge in [0.1, 0.15) is 16.0 Å². The summed E-state index contributed by atoms with van der Waals surface area (Å²) in [6, 6.07) is 8.50. The molecule has 1 unspecified atom stereocenters. The molecular formula is C16H23N3O4S. The van der Waals surface area contributed by atoms with Gasteiger partial charge in [0.25, 0.3) is 0 Å². The molecule has 3 N–H and O–H groups in total. The Balaban J connectivity index is 2.91. The van der Waals surface area contributed by atoms with E-state index in [0.29, 0.717) is 6.42 Å². The van der Waals surface area contributed by atoms with E-state index in [-0.39, 0.29) is 5.75 Å². The highest BCUT2D eigenvalue weighted by atomic mass is 32.2. The molecule has 0 saturated heterocycles. The first-order valence-corrected chi connectivity index (χ1v) is 9.09. The summed E-state index contributed by atoms with van der Waals surface area (Å²) in [6.45, 7) is 6.40. The predicted molar refractivity (Wildman–Crippen MR) is 93.4 cm³/mol. The van der Waals surface area contributed by atoms with Crippen LogP contribution >= 0.6 is 0 Å². The molecular weight excluding hydrogens is 330 g/mol. The van der Waals surface area contributed by atoms with Gasteiger partial charge in [0, 0.05) is 13.0 Å². The molecule has 0 aromatic heterocycles. The van der Waals surface area contributed by atoms with E-state index in [1.165, 1.54) is 6.92 Å². The van der Waals surface area contributed by atoms with Crippen LogP contribution in [0.15, 0.2) is 47.3 Å². The second-order valence-electron chi connectivity index (χ2n) is 5.28. The number of nitrogens with zero attached hydrogens (tertiary/aromatic N) is 1. The zero-order valence-corrected chi connectivity index (χ0v) is 14.6. The number of benzene rings is 1. The van der Waals surface area contributed by atoms with Crippen LogP contribution in [0.2, 0.25) is 0 Å². The highest BCUT2D eigenvalue weighted by molar-refractivity contribution is 7.92. The number of ether oxygens (including phenoxy) is 1. The fraction of sp³-hybridized carbons (Fsp3) is 0.375. The third kappa shape index (κ3) is 6.93. The van der Waals surface area contributed by atoms with Crippen molar-refractivity contribution in [2.45, 2.75) is 32.4 Å². The summed E-state index contributed by atoms with van der Waals surface area (Å²) in [4.78, 5) is 23.2. The van der Waals surface area contributed by atoms with Gasteiger partial charge in [0.15, 0.2) is 0 Å². The van der Waals surface area contributed by atoms with Crippen molar-refractivity contribution in [1.29, 1.82) is 0 Å². The van der Waals surface area contributed by atoms with Gasteiger partial charge < -0.3 is 10.5 Å². The highest BCUT2D eigenvalue weighted by Crippen LogP contribution is 2.17. The second kappa shape index (κ2) is 9.19. The topological polar surface area (TPSA) is 111 Å². The monoisotopic (exact) mass is 353 g/mol. The summed E-state index contributed by atoms with van der Waals surface area (Å²) >= 11 is 0. The lowest BCUT2D eigenvalue weighted by atomic mass is 10.1. The molecule has 8 heteroatoms. The smallest absolute Gasteiger partial charge is 0.440 e. The maximum absolute atomic E-state index is 12.7. The number of nitrogens with two attached hydrogens (primary N) is 1. The van der Waals surface area contributed by atoms with Gasteiger partial charge in [-0.15, -0.1) is 10.9 Å². The van der Waals surface area contributed by atoms with Crippen LogP contribution in [0, 0.1) is 0 Å². The molecule has 0 fully saturated rings. The van der Waals surface area contributed by atoms with Crippen LogP contribution < -0.4 is 10.5 Å². The number of amides is 2. The van der Waals surface area contributed by atoms with E-state index >= 15 is 0 Å². The van der Waals surface area contributed by atoms with Crippen molar-refractivity contribution < 1.29 is 18.5 Å². The van der Waals surface area contributed by atoms with Crippen LogP contribution in [-0.4, -0.2) is 28.0 Å². The minimum Gasteiger partial charge on any atom is -0.440 e. The molecule has 0 radical (unpaired) electrons. The van der Waals surface area contributed by atoms with Gasteiger partial charge in [-0.25, -0.2) is 9.00 Å². The van der Waals surface area contributed by atoms with E-state index in [2.05, 4.69) is 15.7 Å². The normalized spacial score (nSPS) is 15.5. The first-order chi connectivity index (χ1) is 11.3. The summed E-state index contributed by atoms with van der Waals surface area (Å²) in [5.74, 6) is -0.744. The standard InChI is InChI=1S/C16H23N3O4S/c1-4-8-15(17)11-24(22,18-13(3)20)19-16(21)23-12(2)14-9-6-5-7-10-14/h4-7,9-10,12,15H,1,8,11,17H2,2-3H3,(H,18,19,20,21,22)/t12-,15-,24?/m0/s1. The van der Waals surface area contributed by atoms with Crippen LogP contribution in [0.4, 0.5) is 4.79 Å². The zero-order chi connectivity index (χ0) is 18.2. The van der Waals surface area contributed by atoms with Gasteiger partial charge in [0.05, 0.1) is 5.75 Å². The Hall–Kier alpha value is -2.19. The molecule has 0 aliphatic rings. The van der Waals surface area contributed by atoms with E-state index in [4.69, 9.17) is 10.5 Å². The molecule has 1 aromatic rings. The molecule has 1 aromatic carbocycles. The molecule has 0 aliphatic carbocycles. The number of carbonyl (C=O) groups excluding carboxylic acids is 2. The molecule has 1 rings (SSSR count). The number of hydrogen-bond donors (Lipinski definition) is 2. The second-order valence-corrected chi connectivity index (χ2v) is 7.28. The minimum atomic E-state index is -3.36. The highest BCUT2D eigenvalue weighted by Gasteiger charge is 2.19. The number of nitrogens with one attached hydrogen (secondary N) is 1. The molecule has 7 nitrogen and oxygen atoms in total. The number of hydrogen-bond acceptors (Lipinski definition) is 5. The van der Waals surface area contributed by atoms with Gasteiger partial charge in [0.2, 0.25) is 5.91 Å². The van der Waals surface area contributed by atoms with Gasteiger partial charge in [-0.1, -0.05) is 36.4 Å².